The van der Waals surface area contributed by atoms with Crippen molar-refractivity contribution in [1.82, 2.24) is 0 Å². The molecule has 3 nitrogen and oxygen atoms in total. The Morgan fingerprint density at radius 1 is 1.21 bits per heavy atom. The Kier molecular flexibility index (Phi) is 4.11. The molecule has 3 fully saturated rings. The molecule has 0 spiro atoms. The lowest BCUT2D eigenvalue weighted by atomic mass is 9.51. The van der Waals surface area contributed by atoms with Crippen LogP contribution in [0.4, 0.5) is 0 Å². The van der Waals surface area contributed by atoms with Crippen molar-refractivity contribution in [3.63, 3.8) is 0 Å². The molecule has 0 saturated heterocycles. The molecule has 0 amide bonds. The van der Waals surface area contributed by atoms with E-state index in [1.165, 1.54) is 31.3 Å². The number of aliphatic hydroxyl groups excluding tert-OH is 2. The van der Waals surface area contributed by atoms with Gasteiger partial charge in [-0.2, -0.15) is 0 Å². The monoisotopic (exact) mass is 330 g/mol. The molecule has 6 atom stereocenters. The molecule has 4 aliphatic carbocycles. The van der Waals surface area contributed by atoms with Crippen molar-refractivity contribution >= 4 is 5.78 Å². The first-order chi connectivity index (χ1) is 11.5. The van der Waals surface area contributed by atoms with E-state index in [2.05, 4.69) is 6.92 Å². The maximum absolute atomic E-state index is 11.8. The highest BCUT2D eigenvalue weighted by atomic mass is 16.3. The third kappa shape index (κ3) is 2.47. The average molecular weight is 330 g/mol. The Labute approximate surface area is 144 Å². The molecule has 0 aromatic rings. The standard InChI is InChI=1S/C21H30O3/c1-21-9-8-18-17-6-4-15(23)10-13(17)2-5-19(18)20(21)7-3-14(21)11-16(24)12-22/h10-11,14,17-20,22,24H,2-9,12H2,1H3/b16-11-/t14-,17-,18+,19+,20-,21+/m0/s1. The summed E-state index contributed by atoms with van der Waals surface area (Å²) in [7, 11) is 0. The molecular weight excluding hydrogens is 300 g/mol. The molecule has 0 radical (unpaired) electrons. The van der Waals surface area contributed by atoms with E-state index in [0.717, 1.165) is 43.4 Å². The van der Waals surface area contributed by atoms with Gasteiger partial charge in [0.15, 0.2) is 5.78 Å². The quantitative estimate of drug-likeness (QED) is 0.747. The molecule has 2 N–H and O–H groups in total. The highest BCUT2D eigenvalue weighted by Crippen LogP contribution is 2.63. The van der Waals surface area contributed by atoms with Crippen LogP contribution in [0, 0.1) is 35.0 Å². The predicted octanol–water partition coefficient (Wildman–Crippen LogP) is 4.18. The number of allylic oxidation sites excluding steroid dienone is 2. The van der Waals surface area contributed by atoms with Crippen LogP contribution in [-0.4, -0.2) is 22.6 Å². The van der Waals surface area contributed by atoms with Crippen molar-refractivity contribution in [2.24, 2.45) is 35.0 Å². The summed E-state index contributed by atoms with van der Waals surface area (Å²) in [5.74, 6) is 3.84. The average Bonchev–Trinajstić information content (AvgIpc) is 2.90. The van der Waals surface area contributed by atoms with Crippen molar-refractivity contribution in [2.75, 3.05) is 6.61 Å². The van der Waals surface area contributed by atoms with Gasteiger partial charge in [0.1, 0.15) is 5.76 Å². The highest BCUT2D eigenvalue weighted by Gasteiger charge is 2.55. The van der Waals surface area contributed by atoms with Gasteiger partial charge in [-0.15, -0.1) is 0 Å². The van der Waals surface area contributed by atoms with Crippen molar-refractivity contribution in [1.29, 1.82) is 0 Å². The van der Waals surface area contributed by atoms with E-state index < -0.39 is 0 Å². The van der Waals surface area contributed by atoms with E-state index in [1.807, 2.05) is 12.2 Å². The van der Waals surface area contributed by atoms with Crippen LogP contribution in [0.1, 0.15) is 58.3 Å². The van der Waals surface area contributed by atoms with E-state index >= 15 is 0 Å². The summed E-state index contributed by atoms with van der Waals surface area (Å²) in [6, 6.07) is 0. The summed E-state index contributed by atoms with van der Waals surface area (Å²) in [6.07, 6.45) is 13.0. The molecule has 0 unspecified atom stereocenters. The smallest absolute Gasteiger partial charge is 0.155 e. The topological polar surface area (TPSA) is 57.5 Å². The van der Waals surface area contributed by atoms with Gasteiger partial charge in [-0.1, -0.05) is 12.5 Å². The number of carbonyl (C=O) groups is 1. The summed E-state index contributed by atoms with van der Waals surface area (Å²) >= 11 is 0. The van der Waals surface area contributed by atoms with E-state index in [9.17, 15) is 9.90 Å². The van der Waals surface area contributed by atoms with Gasteiger partial charge in [0.05, 0.1) is 6.61 Å². The Morgan fingerprint density at radius 3 is 2.83 bits per heavy atom. The van der Waals surface area contributed by atoms with Crippen LogP contribution in [0.3, 0.4) is 0 Å². The SMILES string of the molecule is C[C@]12CC[C@H]3[C@@H](CCC4=CC(=O)CC[C@@H]43)[C@@H]1CC[C@H]2/C=C(\O)CO. The molecule has 0 aliphatic heterocycles. The van der Waals surface area contributed by atoms with Crippen molar-refractivity contribution in [3.05, 3.63) is 23.5 Å². The molecule has 3 heteroatoms. The van der Waals surface area contributed by atoms with Crippen molar-refractivity contribution in [3.8, 4) is 0 Å². The first kappa shape index (κ1) is 16.4. The zero-order chi connectivity index (χ0) is 16.9. The predicted molar refractivity (Wildman–Crippen MR) is 93.4 cm³/mol. The molecule has 0 aromatic heterocycles. The summed E-state index contributed by atoms with van der Waals surface area (Å²) in [5, 5.41) is 19.0. The van der Waals surface area contributed by atoms with Crippen LogP contribution in [0.15, 0.2) is 23.5 Å². The second-order valence-corrected chi connectivity index (χ2v) is 8.85. The third-order valence-electron chi connectivity index (χ3n) is 7.93. The Balaban J connectivity index is 1.58. The molecular formula is C21H30O3. The minimum atomic E-state index is -0.243. The maximum atomic E-state index is 11.8. The molecule has 0 bridgehead atoms. The van der Waals surface area contributed by atoms with Crippen LogP contribution in [0.5, 0.6) is 0 Å². The lowest BCUT2D eigenvalue weighted by Crippen LogP contribution is -2.46. The van der Waals surface area contributed by atoms with E-state index in [4.69, 9.17) is 5.11 Å². The minimum Gasteiger partial charge on any atom is -0.510 e. The highest BCUT2D eigenvalue weighted by molar-refractivity contribution is 5.91. The normalized spacial score (nSPS) is 45.2. The van der Waals surface area contributed by atoms with Crippen LogP contribution in [0.25, 0.3) is 0 Å². The number of rotatable bonds is 2. The van der Waals surface area contributed by atoms with Gasteiger partial charge >= 0.3 is 0 Å². The Bertz CT molecular complexity index is 590. The maximum Gasteiger partial charge on any atom is 0.155 e. The molecule has 4 rings (SSSR count). The third-order valence-corrected chi connectivity index (χ3v) is 7.93. The number of carbonyl (C=O) groups excluding carboxylic acids is 1. The van der Waals surface area contributed by atoms with Crippen molar-refractivity contribution < 1.29 is 15.0 Å². The Morgan fingerprint density at radius 2 is 2.04 bits per heavy atom. The largest absolute Gasteiger partial charge is 0.510 e. The molecule has 132 valence electrons. The van der Waals surface area contributed by atoms with Crippen molar-refractivity contribution in [2.45, 2.75) is 58.3 Å². The van der Waals surface area contributed by atoms with Gasteiger partial charge in [-0.25, -0.2) is 0 Å². The fourth-order valence-corrected chi connectivity index (χ4v) is 6.78. The van der Waals surface area contributed by atoms with Gasteiger partial charge in [0.2, 0.25) is 0 Å². The number of ketones is 1. The summed E-state index contributed by atoms with van der Waals surface area (Å²) in [6.45, 7) is 2.18. The lowest BCUT2D eigenvalue weighted by molar-refractivity contribution is -0.116. The number of hydrogen-bond acceptors (Lipinski definition) is 3. The number of aliphatic hydroxyl groups is 2. The minimum absolute atomic E-state index is 0.142. The first-order valence-corrected chi connectivity index (χ1v) is 9.76. The lowest BCUT2D eigenvalue weighted by Gasteiger charge is -2.53. The molecule has 3 saturated carbocycles. The summed E-state index contributed by atoms with van der Waals surface area (Å²) in [5.41, 5.74) is 1.72. The number of hydrogen-bond donors (Lipinski definition) is 2. The summed E-state index contributed by atoms with van der Waals surface area (Å²) in [4.78, 5) is 11.8. The zero-order valence-electron chi connectivity index (χ0n) is 14.7. The van der Waals surface area contributed by atoms with Gasteiger partial charge in [0, 0.05) is 6.42 Å². The summed E-state index contributed by atoms with van der Waals surface area (Å²) < 4.78 is 0. The van der Waals surface area contributed by atoms with E-state index in [0.29, 0.717) is 17.6 Å². The van der Waals surface area contributed by atoms with E-state index in [-0.39, 0.29) is 17.8 Å². The van der Waals surface area contributed by atoms with Crippen LogP contribution >= 0.6 is 0 Å². The Hall–Kier alpha value is -1.09. The molecule has 4 aliphatic rings. The van der Waals surface area contributed by atoms with Gasteiger partial charge in [-0.05, 0) is 92.1 Å². The van der Waals surface area contributed by atoms with Gasteiger partial charge < -0.3 is 10.2 Å². The molecule has 0 aromatic carbocycles. The zero-order valence-corrected chi connectivity index (χ0v) is 14.7. The second kappa shape index (κ2) is 6.01. The van der Waals surface area contributed by atoms with Gasteiger partial charge in [-0.3, -0.25) is 4.79 Å². The molecule has 24 heavy (non-hydrogen) atoms. The fraction of sp³-hybridized carbons (Fsp3) is 0.762. The van der Waals surface area contributed by atoms with Gasteiger partial charge in [0.25, 0.3) is 0 Å². The van der Waals surface area contributed by atoms with E-state index in [1.54, 1.807) is 0 Å². The molecule has 0 heterocycles. The fourth-order valence-electron chi connectivity index (χ4n) is 6.78. The number of fused-ring (bicyclic) bond motifs is 5. The first-order valence-electron chi connectivity index (χ1n) is 9.76. The van der Waals surface area contributed by atoms with Crippen LogP contribution in [0.2, 0.25) is 0 Å². The van der Waals surface area contributed by atoms with Crippen LogP contribution < -0.4 is 0 Å². The second-order valence-electron chi connectivity index (χ2n) is 8.85. The van der Waals surface area contributed by atoms with Crippen LogP contribution in [-0.2, 0) is 4.79 Å².